The quantitative estimate of drug-likeness (QED) is 0.662. The van der Waals surface area contributed by atoms with Crippen LogP contribution in [0.15, 0.2) is 48.5 Å². The molecule has 2 aromatic rings. The van der Waals surface area contributed by atoms with Gasteiger partial charge in [0, 0.05) is 11.6 Å². The Bertz CT molecular complexity index is 691. The molecule has 0 saturated carbocycles. The summed E-state index contributed by atoms with van der Waals surface area (Å²) in [5.41, 5.74) is 0.838. The minimum absolute atomic E-state index is 0.0893. The third-order valence-electron chi connectivity index (χ3n) is 3.29. The minimum atomic E-state index is -1.40. The average molecular weight is 288 g/mol. The van der Waals surface area contributed by atoms with Crippen molar-refractivity contribution in [2.75, 3.05) is 5.06 Å². The van der Waals surface area contributed by atoms with Crippen LogP contribution in [-0.4, -0.2) is 15.1 Å². The zero-order chi connectivity index (χ0) is 15.0. The highest BCUT2D eigenvalue weighted by Crippen LogP contribution is 2.41. The van der Waals surface area contributed by atoms with E-state index in [2.05, 4.69) is 0 Å². The van der Waals surface area contributed by atoms with E-state index in [0.717, 1.165) is 5.06 Å². The lowest BCUT2D eigenvalue weighted by molar-refractivity contribution is -0.386. The second kappa shape index (κ2) is 5.13. The Morgan fingerprint density at radius 3 is 2.62 bits per heavy atom. The Morgan fingerprint density at radius 1 is 1.19 bits per heavy atom. The van der Waals surface area contributed by atoms with Crippen molar-refractivity contribution < 1.29 is 20.0 Å². The van der Waals surface area contributed by atoms with Crippen molar-refractivity contribution in [2.24, 2.45) is 0 Å². The first kappa shape index (κ1) is 13.5. The van der Waals surface area contributed by atoms with Crippen molar-refractivity contribution in [2.45, 2.75) is 12.5 Å². The second-order valence-corrected chi connectivity index (χ2v) is 4.53. The molecule has 0 amide bonds. The summed E-state index contributed by atoms with van der Waals surface area (Å²) in [7, 11) is 0. The van der Waals surface area contributed by atoms with Crippen LogP contribution in [0.5, 0.6) is 0 Å². The smallest absolute Gasteiger partial charge is 0.277 e. The van der Waals surface area contributed by atoms with Gasteiger partial charge in [0.2, 0.25) is 6.29 Å². The lowest BCUT2D eigenvalue weighted by atomic mass is 10.1. The van der Waals surface area contributed by atoms with Crippen LogP contribution < -0.4 is 5.06 Å². The second-order valence-electron chi connectivity index (χ2n) is 4.53. The van der Waals surface area contributed by atoms with Crippen LogP contribution >= 0.6 is 0 Å². The predicted molar refractivity (Wildman–Crippen MR) is 73.0 cm³/mol. The van der Waals surface area contributed by atoms with Crippen LogP contribution in [0.4, 0.5) is 11.4 Å². The van der Waals surface area contributed by atoms with Gasteiger partial charge in [0.05, 0.1) is 16.2 Å². The van der Waals surface area contributed by atoms with Gasteiger partial charge < -0.3 is 10.2 Å². The van der Waals surface area contributed by atoms with Crippen molar-refractivity contribution in [1.29, 1.82) is 0 Å². The van der Waals surface area contributed by atoms with Gasteiger partial charge in [-0.05, 0) is 12.1 Å². The lowest BCUT2D eigenvalue weighted by Crippen LogP contribution is -2.26. The molecule has 7 nitrogen and oxygen atoms in total. The number of aliphatic hydroxyl groups is 2. The molecule has 1 aliphatic rings. The summed E-state index contributed by atoms with van der Waals surface area (Å²) in [5, 5.41) is 32.3. The molecule has 1 heterocycles. The van der Waals surface area contributed by atoms with Crippen LogP contribution in [-0.2, 0) is 4.84 Å². The molecule has 0 spiro atoms. The molecule has 21 heavy (non-hydrogen) atoms. The van der Waals surface area contributed by atoms with E-state index >= 15 is 0 Å². The fourth-order valence-electron chi connectivity index (χ4n) is 2.31. The molecule has 1 aliphatic heterocycles. The largest absolute Gasteiger partial charge is 0.367 e. The fraction of sp³-hybridized carbons (Fsp3) is 0.143. The van der Waals surface area contributed by atoms with E-state index in [1.165, 1.54) is 18.2 Å². The van der Waals surface area contributed by atoms with Gasteiger partial charge >= 0.3 is 0 Å². The van der Waals surface area contributed by atoms with Gasteiger partial charge in [-0.2, -0.15) is 0 Å². The normalized spacial score (nSPS) is 18.4. The Balaban J connectivity index is 2.01. The maximum atomic E-state index is 11.0. The summed E-state index contributed by atoms with van der Waals surface area (Å²) in [6.45, 7) is 0. The van der Waals surface area contributed by atoms with Gasteiger partial charge in [-0.3, -0.25) is 10.1 Å². The molecule has 0 bridgehead atoms. The highest BCUT2D eigenvalue weighted by molar-refractivity contribution is 5.57. The standard InChI is InChI=1S/C14H12N2O5/c17-13(9-5-1-4-8-12(9)16(19)20)15-11-7-3-2-6-10(11)14(18)21-15/h1-8,13-14,17-18H. The number of fused-ring (bicyclic) bond motifs is 1. The van der Waals surface area contributed by atoms with Crippen LogP contribution in [0.1, 0.15) is 23.6 Å². The predicted octanol–water partition coefficient (Wildman–Crippen LogP) is 2.03. The summed E-state index contributed by atoms with van der Waals surface area (Å²) in [4.78, 5) is 15.7. The zero-order valence-corrected chi connectivity index (χ0v) is 10.8. The fourth-order valence-corrected chi connectivity index (χ4v) is 2.31. The summed E-state index contributed by atoms with van der Waals surface area (Å²) < 4.78 is 0. The average Bonchev–Trinajstić information content (AvgIpc) is 2.84. The number of hydrogen-bond donors (Lipinski definition) is 2. The molecule has 0 radical (unpaired) electrons. The van der Waals surface area contributed by atoms with E-state index in [9.17, 15) is 20.3 Å². The van der Waals surface area contributed by atoms with Crippen molar-refractivity contribution >= 4 is 11.4 Å². The Labute approximate surface area is 119 Å². The van der Waals surface area contributed by atoms with Crippen molar-refractivity contribution in [1.82, 2.24) is 0 Å². The molecule has 7 heteroatoms. The lowest BCUT2D eigenvalue weighted by Gasteiger charge is -2.24. The monoisotopic (exact) mass is 288 g/mol. The van der Waals surface area contributed by atoms with Gasteiger partial charge in [-0.1, -0.05) is 30.3 Å². The van der Waals surface area contributed by atoms with E-state index in [0.29, 0.717) is 11.3 Å². The highest BCUT2D eigenvalue weighted by atomic mass is 16.8. The third-order valence-corrected chi connectivity index (χ3v) is 3.29. The van der Waals surface area contributed by atoms with E-state index in [1.54, 1.807) is 30.3 Å². The molecule has 0 saturated heterocycles. The first-order chi connectivity index (χ1) is 10.1. The maximum absolute atomic E-state index is 11.0. The van der Waals surface area contributed by atoms with Gasteiger partial charge in [-0.15, -0.1) is 0 Å². The van der Waals surface area contributed by atoms with Gasteiger partial charge in [0.1, 0.15) is 0 Å². The van der Waals surface area contributed by atoms with Gasteiger partial charge in [-0.25, -0.2) is 9.90 Å². The number of hydrogen-bond acceptors (Lipinski definition) is 6. The number of aliphatic hydroxyl groups excluding tert-OH is 2. The van der Waals surface area contributed by atoms with E-state index < -0.39 is 17.4 Å². The summed E-state index contributed by atoms with van der Waals surface area (Å²) >= 11 is 0. The van der Waals surface area contributed by atoms with E-state index in [-0.39, 0.29) is 11.3 Å². The molecule has 0 aliphatic carbocycles. The molecule has 3 rings (SSSR count). The number of nitro benzene ring substituents is 1. The molecule has 2 aromatic carbocycles. The third kappa shape index (κ3) is 2.23. The molecular weight excluding hydrogens is 276 g/mol. The van der Waals surface area contributed by atoms with Crippen LogP contribution in [0.2, 0.25) is 0 Å². The number of benzene rings is 2. The summed E-state index contributed by atoms with van der Waals surface area (Å²) in [6.07, 6.45) is -2.61. The van der Waals surface area contributed by atoms with E-state index in [1.807, 2.05) is 0 Å². The molecule has 2 N–H and O–H groups in total. The molecule has 2 atom stereocenters. The first-order valence-electron chi connectivity index (χ1n) is 6.24. The maximum Gasteiger partial charge on any atom is 0.277 e. The SMILES string of the molecule is O=[N+]([O-])c1ccccc1C(O)N1OC(O)c2ccccc21. The number of anilines is 1. The van der Waals surface area contributed by atoms with Crippen LogP contribution in [0, 0.1) is 10.1 Å². The number of para-hydroxylation sites is 2. The van der Waals surface area contributed by atoms with Crippen molar-refractivity contribution in [3.63, 3.8) is 0 Å². The highest BCUT2D eigenvalue weighted by Gasteiger charge is 2.35. The molecule has 0 fully saturated rings. The van der Waals surface area contributed by atoms with Crippen molar-refractivity contribution in [3.05, 3.63) is 69.8 Å². The number of nitro groups is 1. The Morgan fingerprint density at radius 2 is 1.86 bits per heavy atom. The molecule has 2 unspecified atom stereocenters. The van der Waals surface area contributed by atoms with Gasteiger partial charge in [0.15, 0.2) is 6.23 Å². The van der Waals surface area contributed by atoms with Crippen molar-refractivity contribution in [3.8, 4) is 0 Å². The van der Waals surface area contributed by atoms with E-state index in [4.69, 9.17) is 4.84 Å². The summed E-state index contributed by atoms with van der Waals surface area (Å²) in [5.74, 6) is 0. The Kier molecular flexibility index (Phi) is 3.30. The van der Waals surface area contributed by atoms with Crippen LogP contribution in [0.3, 0.4) is 0 Å². The van der Waals surface area contributed by atoms with Gasteiger partial charge in [0.25, 0.3) is 5.69 Å². The number of rotatable bonds is 3. The summed E-state index contributed by atoms with van der Waals surface area (Å²) in [6, 6.07) is 12.6. The molecular formula is C14H12N2O5. The molecule has 0 aromatic heterocycles. The molecule has 108 valence electrons. The first-order valence-corrected chi connectivity index (χ1v) is 6.24. The van der Waals surface area contributed by atoms with Crippen LogP contribution in [0.25, 0.3) is 0 Å². The topological polar surface area (TPSA) is 96.1 Å². The number of nitrogens with zero attached hydrogens (tertiary/aromatic N) is 2. The zero-order valence-electron chi connectivity index (χ0n) is 10.8. The number of hydroxylamine groups is 1. The minimum Gasteiger partial charge on any atom is -0.367 e. The Hall–Kier alpha value is -2.48.